The van der Waals surface area contributed by atoms with Crippen LogP contribution >= 0.6 is 15.9 Å². The van der Waals surface area contributed by atoms with E-state index >= 15 is 0 Å². The van der Waals surface area contributed by atoms with E-state index in [0.717, 1.165) is 6.07 Å². The number of carbonyl (C=O) groups is 1. The molecule has 1 aliphatic heterocycles. The van der Waals surface area contributed by atoms with Crippen LogP contribution in [0.1, 0.15) is 6.42 Å². The Hall–Kier alpha value is -1.10. The van der Waals surface area contributed by atoms with Gasteiger partial charge in [0.25, 0.3) is 0 Å². The van der Waals surface area contributed by atoms with Crippen LogP contribution in [0.25, 0.3) is 0 Å². The summed E-state index contributed by atoms with van der Waals surface area (Å²) in [5.74, 6) is -3.77. The first kappa shape index (κ1) is 16.3. The molecule has 0 spiro atoms. The number of carboxylic acids is 1. The highest BCUT2D eigenvalue weighted by Gasteiger charge is 2.45. The van der Waals surface area contributed by atoms with Crippen LogP contribution in [0.2, 0.25) is 0 Å². The molecule has 116 valence electrons. The minimum absolute atomic E-state index is 0.297. The van der Waals surface area contributed by atoms with E-state index < -0.39 is 51.2 Å². The summed E-state index contributed by atoms with van der Waals surface area (Å²) in [6, 6.07) is -0.348. The zero-order chi connectivity index (χ0) is 15.9. The van der Waals surface area contributed by atoms with Gasteiger partial charge in [-0.2, -0.15) is 4.31 Å². The van der Waals surface area contributed by atoms with Crippen molar-refractivity contribution in [2.24, 2.45) is 0 Å². The molecule has 0 bridgehead atoms. The van der Waals surface area contributed by atoms with Crippen LogP contribution in [0, 0.1) is 11.6 Å². The van der Waals surface area contributed by atoms with Crippen molar-refractivity contribution in [1.29, 1.82) is 0 Å². The lowest BCUT2D eigenvalue weighted by molar-refractivity contribution is -0.140. The molecule has 0 amide bonds. The van der Waals surface area contributed by atoms with E-state index in [-0.39, 0.29) is 10.9 Å². The number of nitrogens with zero attached hydrogens (tertiary/aromatic N) is 1. The summed E-state index contributed by atoms with van der Waals surface area (Å²) in [6.45, 7) is -0.470. The van der Waals surface area contributed by atoms with Crippen molar-refractivity contribution < 1.29 is 32.2 Å². The lowest BCUT2D eigenvalue weighted by Gasteiger charge is -2.21. The van der Waals surface area contributed by atoms with Gasteiger partial charge in [0, 0.05) is 23.5 Å². The van der Waals surface area contributed by atoms with E-state index in [1.165, 1.54) is 0 Å². The van der Waals surface area contributed by atoms with Gasteiger partial charge in [0.2, 0.25) is 10.0 Å². The molecule has 0 saturated carbocycles. The van der Waals surface area contributed by atoms with E-state index in [1.54, 1.807) is 0 Å². The standard InChI is InChI=1S/C11H10BrF2NO5S/c12-7-1-5(13)2-8(14)10(7)21(19,20)15-4-6(16)3-9(15)11(17)18/h1-2,6,9,16H,3-4H2,(H,17,18)/t6-,9+/m1/s1. The second-order valence-corrected chi connectivity index (χ2v) is 7.20. The highest BCUT2D eigenvalue weighted by atomic mass is 79.9. The minimum Gasteiger partial charge on any atom is -0.480 e. The molecule has 10 heteroatoms. The van der Waals surface area contributed by atoms with E-state index in [1.807, 2.05) is 0 Å². The molecule has 0 radical (unpaired) electrons. The fourth-order valence-corrected chi connectivity index (χ4v) is 4.91. The summed E-state index contributed by atoms with van der Waals surface area (Å²) >= 11 is 2.76. The van der Waals surface area contributed by atoms with Gasteiger partial charge in [-0.3, -0.25) is 4.79 Å². The Bertz CT molecular complexity index is 673. The van der Waals surface area contributed by atoms with Crippen molar-refractivity contribution in [2.45, 2.75) is 23.5 Å². The van der Waals surface area contributed by atoms with Gasteiger partial charge < -0.3 is 10.2 Å². The van der Waals surface area contributed by atoms with Gasteiger partial charge in [0.15, 0.2) is 0 Å². The van der Waals surface area contributed by atoms with Crippen LogP contribution in [-0.4, -0.2) is 47.6 Å². The van der Waals surface area contributed by atoms with Gasteiger partial charge in [0.1, 0.15) is 22.6 Å². The monoisotopic (exact) mass is 385 g/mol. The maximum atomic E-state index is 13.8. The molecular formula is C11H10BrF2NO5S. The van der Waals surface area contributed by atoms with Crippen LogP contribution in [0.4, 0.5) is 8.78 Å². The summed E-state index contributed by atoms with van der Waals surface area (Å²) in [7, 11) is -4.54. The molecule has 1 fully saturated rings. The van der Waals surface area contributed by atoms with E-state index in [9.17, 15) is 27.1 Å². The topological polar surface area (TPSA) is 94.9 Å². The maximum Gasteiger partial charge on any atom is 0.322 e. The SMILES string of the molecule is O=C(O)[C@@H]1C[C@@H](O)CN1S(=O)(=O)c1c(F)cc(F)cc1Br. The van der Waals surface area contributed by atoms with Gasteiger partial charge in [-0.05, 0) is 22.0 Å². The Kier molecular flexibility index (Phi) is 4.34. The normalized spacial score (nSPS) is 23.4. The van der Waals surface area contributed by atoms with Crippen molar-refractivity contribution in [3.8, 4) is 0 Å². The Morgan fingerprint density at radius 2 is 2.00 bits per heavy atom. The molecule has 2 N–H and O–H groups in total. The molecule has 2 atom stereocenters. The number of aliphatic carboxylic acids is 1. The smallest absolute Gasteiger partial charge is 0.322 e. The number of sulfonamides is 1. The molecule has 1 saturated heterocycles. The van der Waals surface area contributed by atoms with E-state index in [2.05, 4.69) is 15.9 Å². The first-order valence-corrected chi connectivity index (χ1v) is 7.95. The largest absolute Gasteiger partial charge is 0.480 e. The summed E-state index contributed by atoms with van der Waals surface area (Å²) < 4.78 is 51.8. The highest BCUT2D eigenvalue weighted by molar-refractivity contribution is 9.10. The third-order valence-corrected chi connectivity index (χ3v) is 5.89. The molecular weight excluding hydrogens is 376 g/mol. The fraction of sp³-hybridized carbons (Fsp3) is 0.364. The van der Waals surface area contributed by atoms with Gasteiger partial charge in [0.05, 0.1) is 6.10 Å². The predicted molar refractivity (Wildman–Crippen MR) is 70.0 cm³/mol. The Balaban J connectivity index is 2.55. The number of hydrogen-bond donors (Lipinski definition) is 2. The van der Waals surface area contributed by atoms with Crippen molar-refractivity contribution >= 4 is 31.9 Å². The number of β-amino-alcohol motifs (C(OH)–C–C–N with tert-alkyl or cyclic N) is 1. The molecule has 1 heterocycles. The lowest BCUT2D eigenvalue weighted by Crippen LogP contribution is -2.41. The molecule has 0 aliphatic carbocycles. The van der Waals surface area contributed by atoms with Crippen LogP contribution in [0.3, 0.4) is 0 Å². The molecule has 6 nitrogen and oxygen atoms in total. The number of halogens is 3. The molecule has 1 aromatic rings. The summed E-state index contributed by atoms with van der Waals surface area (Å²) in [6.07, 6.45) is -1.46. The molecule has 2 rings (SSSR count). The third kappa shape index (κ3) is 2.93. The molecule has 0 aromatic heterocycles. The van der Waals surface area contributed by atoms with Crippen molar-refractivity contribution in [3.63, 3.8) is 0 Å². The van der Waals surface area contributed by atoms with E-state index in [4.69, 9.17) is 5.11 Å². The lowest BCUT2D eigenvalue weighted by atomic mass is 10.2. The number of aliphatic hydroxyl groups is 1. The maximum absolute atomic E-state index is 13.8. The van der Waals surface area contributed by atoms with Crippen molar-refractivity contribution in [1.82, 2.24) is 4.31 Å². The van der Waals surface area contributed by atoms with Gasteiger partial charge >= 0.3 is 5.97 Å². The Morgan fingerprint density at radius 1 is 1.38 bits per heavy atom. The first-order valence-electron chi connectivity index (χ1n) is 5.72. The zero-order valence-electron chi connectivity index (χ0n) is 10.3. The zero-order valence-corrected chi connectivity index (χ0v) is 12.7. The summed E-state index contributed by atoms with van der Waals surface area (Å²) in [4.78, 5) is 10.2. The van der Waals surface area contributed by atoms with Crippen molar-refractivity contribution in [2.75, 3.05) is 6.54 Å². The minimum atomic E-state index is -4.54. The quantitative estimate of drug-likeness (QED) is 0.806. The van der Waals surface area contributed by atoms with Gasteiger partial charge in [-0.1, -0.05) is 0 Å². The van der Waals surface area contributed by atoms with Crippen LogP contribution in [0.5, 0.6) is 0 Å². The van der Waals surface area contributed by atoms with Crippen LogP contribution < -0.4 is 0 Å². The second-order valence-electron chi connectivity index (χ2n) is 4.52. The summed E-state index contributed by atoms with van der Waals surface area (Å²) in [5.41, 5.74) is 0. The Morgan fingerprint density at radius 3 is 2.52 bits per heavy atom. The van der Waals surface area contributed by atoms with E-state index in [0.29, 0.717) is 10.4 Å². The second kappa shape index (κ2) is 5.59. The average Bonchev–Trinajstić information content (AvgIpc) is 2.70. The first-order chi connectivity index (χ1) is 9.64. The highest BCUT2D eigenvalue weighted by Crippen LogP contribution is 2.33. The molecule has 21 heavy (non-hydrogen) atoms. The summed E-state index contributed by atoms with van der Waals surface area (Å²) in [5, 5.41) is 18.5. The van der Waals surface area contributed by atoms with Crippen LogP contribution in [0.15, 0.2) is 21.5 Å². The van der Waals surface area contributed by atoms with Crippen molar-refractivity contribution in [3.05, 3.63) is 28.2 Å². The number of aliphatic hydroxyl groups excluding tert-OH is 1. The molecule has 1 aliphatic rings. The molecule has 0 unspecified atom stereocenters. The predicted octanol–water partition coefficient (Wildman–Crippen LogP) is 0.936. The fourth-order valence-electron chi connectivity index (χ4n) is 2.17. The number of hydrogen-bond acceptors (Lipinski definition) is 4. The molecule has 1 aromatic carbocycles. The number of benzene rings is 1. The third-order valence-electron chi connectivity index (χ3n) is 3.05. The number of carboxylic acid groups (broad SMARTS) is 1. The number of rotatable bonds is 3. The van der Waals surface area contributed by atoms with Gasteiger partial charge in [-0.15, -0.1) is 0 Å². The average molecular weight is 386 g/mol. The van der Waals surface area contributed by atoms with Gasteiger partial charge in [-0.25, -0.2) is 17.2 Å². The Labute approximate surface area is 127 Å². The van der Waals surface area contributed by atoms with Crippen LogP contribution in [-0.2, 0) is 14.8 Å².